The molecule has 2 N–H and O–H groups in total. The topological polar surface area (TPSA) is 41.1 Å². The second kappa shape index (κ2) is 8.08. The van der Waals surface area contributed by atoms with E-state index in [1.54, 1.807) is 31.2 Å². The molecule has 0 aromatic heterocycles. The van der Waals surface area contributed by atoms with E-state index in [4.69, 9.17) is 34.8 Å². The highest BCUT2D eigenvalue weighted by Crippen LogP contribution is 2.40. The molecule has 0 aliphatic heterocycles. The van der Waals surface area contributed by atoms with Crippen LogP contribution in [0.1, 0.15) is 17.2 Å². The molecule has 128 valence electrons. The third-order valence-corrected chi connectivity index (χ3v) is 4.61. The standard InChI is InChI=1S/C16H13Cl3FIN2O/c1-9-2-3-10(8-13(9)20)14(16(17,18)19)23-15(24)22-12-6-4-11(21)5-7-12/h2-8,14H,1H3,(H2,22,23,24)/t14-/m0/s1. The molecule has 0 radical (unpaired) electrons. The minimum absolute atomic E-state index is 0.357. The number of hydrogen-bond acceptors (Lipinski definition) is 1. The van der Waals surface area contributed by atoms with Gasteiger partial charge in [0.2, 0.25) is 3.79 Å². The SMILES string of the molecule is Cc1ccc([C@H](NC(=O)Nc2ccc(I)cc2)C(Cl)(Cl)Cl)cc1F. The normalized spacial score (nSPS) is 12.6. The molecule has 0 spiro atoms. The number of anilines is 1. The second-order valence-electron chi connectivity index (χ2n) is 5.09. The van der Waals surface area contributed by atoms with Gasteiger partial charge in [-0.15, -0.1) is 0 Å². The fourth-order valence-corrected chi connectivity index (χ4v) is 2.88. The van der Waals surface area contributed by atoms with E-state index >= 15 is 0 Å². The first-order chi connectivity index (χ1) is 11.2. The van der Waals surface area contributed by atoms with E-state index in [-0.39, 0.29) is 0 Å². The average Bonchev–Trinajstić information content (AvgIpc) is 2.49. The summed E-state index contributed by atoms with van der Waals surface area (Å²) in [5.41, 5.74) is 1.41. The molecule has 3 nitrogen and oxygen atoms in total. The Bertz CT molecular complexity index is 735. The summed E-state index contributed by atoms with van der Waals surface area (Å²) in [5.74, 6) is -0.438. The summed E-state index contributed by atoms with van der Waals surface area (Å²) in [4.78, 5) is 12.2. The number of aryl methyl sites for hydroxylation is 1. The average molecular weight is 502 g/mol. The molecule has 1 atom stereocenters. The minimum atomic E-state index is -1.84. The highest BCUT2D eigenvalue weighted by molar-refractivity contribution is 14.1. The van der Waals surface area contributed by atoms with Crippen LogP contribution in [0.25, 0.3) is 0 Å². The second-order valence-corrected chi connectivity index (χ2v) is 8.70. The first kappa shape index (κ1) is 19.6. The zero-order chi connectivity index (χ0) is 17.9. The largest absolute Gasteiger partial charge is 0.327 e. The van der Waals surface area contributed by atoms with Crippen LogP contribution >= 0.6 is 57.4 Å². The van der Waals surface area contributed by atoms with E-state index in [2.05, 4.69) is 33.2 Å². The Labute approximate surface area is 168 Å². The number of carbonyl (C=O) groups is 1. The Kier molecular flexibility index (Phi) is 6.59. The maximum atomic E-state index is 13.8. The molecule has 2 amide bonds. The molecule has 0 unspecified atom stereocenters. The van der Waals surface area contributed by atoms with Gasteiger partial charge in [-0.2, -0.15) is 0 Å². The van der Waals surface area contributed by atoms with Crippen molar-refractivity contribution in [2.24, 2.45) is 0 Å². The highest BCUT2D eigenvalue weighted by atomic mass is 127. The van der Waals surface area contributed by atoms with Gasteiger partial charge in [-0.05, 0) is 71.0 Å². The van der Waals surface area contributed by atoms with Gasteiger partial charge in [-0.25, -0.2) is 9.18 Å². The van der Waals surface area contributed by atoms with Crippen LogP contribution in [0, 0.1) is 16.3 Å². The van der Waals surface area contributed by atoms with Crippen LogP contribution < -0.4 is 10.6 Å². The lowest BCUT2D eigenvalue weighted by Crippen LogP contribution is -2.39. The van der Waals surface area contributed by atoms with Crippen molar-refractivity contribution in [3.05, 3.63) is 63.0 Å². The number of hydrogen-bond donors (Lipinski definition) is 2. The van der Waals surface area contributed by atoms with Gasteiger partial charge in [0.25, 0.3) is 0 Å². The van der Waals surface area contributed by atoms with Gasteiger partial charge in [0.1, 0.15) is 11.9 Å². The molecule has 0 aliphatic carbocycles. The fourth-order valence-electron chi connectivity index (χ4n) is 1.97. The number of alkyl halides is 3. The van der Waals surface area contributed by atoms with Crippen LogP contribution in [-0.2, 0) is 0 Å². The summed E-state index contributed by atoms with van der Waals surface area (Å²) in [7, 11) is 0. The Morgan fingerprint density at radius 1 is 1.17 bits per heavy atom. The smallest absolute Gasteiger partial charge is 0.319 e. The summed E-state index contributed by atoms with van der Waals surface area (Å²) in [5, 5.41) is 5.21. The van der Waals surface area contributed by atoms with Gasteiger partial charge in [0.15, 0.2) is 0 Å². The number of halogens is 5. The van der Waals surface area contributed by atoms with Crippen LogP contribution in [-0.4, -0.2) is 9.82 Å². The van der Waals surface area contributed by atoms with E-state index in [0.717, 1.165) is 3.57 Å². The lowest BCUT2D eigenvalue weighted by atomic mass is 10.1. The van der Waals surface area contributed by atoms with E-state index in [0.29, 0.717) is 16.8 Å². The molecule has 8 heteroatoms. The van der Waals surface area contributed by atoms with Crippen LogP contribution in [0.4, 0.5) is 14.9 Å². The molecule has 0 heterocycles. The summed E-state index contributed by atoms with van der Waals surface area (Å²) in [6, 6.07) is 10.0. The van der Waals surface area contributed by atoms with Crippen molar-refractivity contribution in [3.8, 4) is 0 Å². The molecule has 0 saturated heterocycles. The minimum Gasteiger partial charge on any atom is -0.327 e. The molecular weight excluding hydrogens is 488 g/mol. The third kappa shape index (κ3) is 5.37. The fraction of sp³-hybridized carbons (Fsp3) is 0.188. The zero-order valence-corrected chi connectivity index (χ0v) is 16.8. The van der Waals surface area contributed by atoms with Crippen molar-refractivity contribution in [2.45, 2.75) is 16.8 Å². The predicted molar refractivity (Wildman–Crippen MR) is 105 cm³/mol. The van der Waals surface area contributed by atoms with Gasteiger partial charge in [0, 0.05) is 9.26 Å². The first-order valence-corrected chi connectivity index (χ1v) is 9.04. The molecule has 0 saturated carbocycles. The number of carbonyl (C=O) groups excluding carboxylic acids is 1. The molecular formula is C16H13Cl3FIN2O. The third-order valence-electron chi connectivity index (χ3n) is 3.23. The summed E-state index contributed by atoms with van der Waals surface area (Å²) < 4.78 is 13.0. The molecule has 0 bridgehead atoms. The summed E-state index contributed by atoms with van der Waals surface area (Å²) in [6.45, 7) is 1.63. The van der Waals surface area contributed by atoms with Crippen LogP contribution in [0.3, 0.4) is 0 Å². The van der Waals surface area contributed by atoms with Gasteiger partial charge >= 0.3 is 6.03 Å². The maximum Gasteiger partial charge on any atom is 0.319 e. The van der Waals surface area contributed by atoms with Crippen molar-refractivity contribution in [1.82, 2.24) is 5.32 Å². The first-order valence-electron chi connectivity index (χ1n) is 6.82. The van der Waals surface area contributed by atoms with Gasteiger partial charge in [0.05, 0.1) is 0 Å². The Hall–Kier alpha value is -0.760. The number of urea groups is 1. The van der Waals surface area contributed by atoms with E-state index in [9.17, 15) is 9.18 Å². The van der Waals surface area contributed by atoms with Crippen molar-refractivity contribution in [1.29, 1.82) is 0 Å². The number of benzene rings is 2. The van der Waals surface area contributed by atoms with E-state index < -0.39 is 21.7 Å². The van der Waals surface area contributed by atoms with Crippen molar-refractivity contribution in [2.75, 3.05) is 5.32 Å². The molecule has 0 fully saturated rings. The number of amides is 2. The monoisotopic (exact) mass is 500 g/mol. The molecule has 2 aromatic carbocycles. The lowest BCUT2D eigenvalue weighted by molar-refractivity contribution is 0.248. The van der Waals surface area contributed by atoms with Crippen molar-refractivity contribution >= 4 is 69.1 Å². The van der Waals surface area contributed by atoms with Crippen LogP contribution in [0.15, 0.2) is 42.5 Å². The van der Waals surface area contributed by atoms with Gasteiger partial charge < -0.3 is 10.6 Å². The molecule has 0 aliphatic rings. The van der Waals surface area contributed by atoms with E-state index in [1.807, 2.05) is 12.1 Å². The number of rotatable bonds is 3. The number of nitrogens with one attached hydrogen (secondary N) is 2. The van der Waals surface area contributed by atoms with Crippen LogP contribution in [0.2, 0.25) is 0 Å². The van der Waals surface area contributed by atoms with E-state index in [1.165, 1.54) is 6.07 Å². The quantitative estimate of drug-likeness (QED) is 0.395. The Morgan fingerprint density at radius 3 is 2.33 bits per heavy atom. The maximum absolute atomic E-state index is 13.8. The molecule has 2 rings (SSSR count). The van der Waals surface area contributed by atoms with Crippen LogP contribution in [0.5, 0.6) is 0 Å². The van der Waals surface area contributed by atoms with Gasteiger partial charge in [-0.3, -0.25) is 0 Å². The lowest BCUT2D eigenvalue weighted by Gasteiger charge is -2.26. The van der Waals surface area contributed by atoms with Crippen molar-refractivity contribution in [3.63, 3.8) is 0 Å². The zero-order valence-electron chi connectivity index (χ0n) is 12.4. The molecule has 24 heavy (non-hydrogen) atoms. The predicted octanol–water partition coefficient (Wildman–Crippen LogP) is 5.97. The summed E-state index contributed by atoms with van der Waals surface area (Å²) >= 11 is 20.0. The van der Waals surface area contributed by atoms with Crippen molar-refractivity contribution < 1.29 is 9.18 Å². The summed E-state index contributed by atoms with van der Waals surface area (Å²) in [6.07, 6.45) is 0. The Balaban J connectivity index is 2.18. The van der Waals surface area contributed by atoms with Gasteiger partial charge in [-0.1, -0.05) is 46.9 Å². The Morgan fingerprint density at radius 2 is 1.79 bits per heavy atom. The highest BCUT2D eigenvalue weighted by Gasteiger charge is 2.35. The molecule has 2 aromatic rings.